The second kappa shape index (κ2) is 45.7. The van der Waals surface area contributed by atoms with E-state index >= 15 is 0 Å². The highest BCUT2D eigenvalue weighted by atomic mass is 35.5. The van der Waals surface area contributed by atoms with Gasteiger partial charge < -0.3 is 39.4 Å². The van der Waals surface area contributed by atoms with Gasteiger partial charge in [0.25, 0.3) is 22.2 Å². The van der Waals surface area contributed by atoms with E-state index in [4.69, 9.17) is 71.8 Å². The van der Waals surface area contributed by atoms with Gasteiger partial charge in [0.2, 0.25) is 0 Å². The lowest BCUT2D eigenvalue weighted by Crippen LogP contribution is -2.25. The molecule has 0 unspecified atom stereocenters. The van der Waals surface area contributed by atoms with Crippen LogP contribution in [0, 0.1) is 97.9 Å². The maximum absolute atomic E-state index is 14.2. The highest BCUT2D eigenvalue weighted by molar-refractivity contribution is 6.33. The lowest BCUT2D eigenvalue weighted by Gasteiger charge is -2.20. The van der Waals surface area contributed by atoms with E-state index in [1.54, 1.807) is 169 Å². The van der Waals surface area contributed by atoms with E-state index in [9.17, 15) is 70.3 Å². The molecule has 0 amide bonds. The van der Waals surface area contributed by atoms with Crippen molar-refractivity contribution >= 4 is 46.4 Å². The molecule has 0 aliphatic carbocycles. The molecule has 32 nitrogen and oxygen atoms in total. The van der Waals surface area contributed by atoms with E-state index < -0.39 is 90.4 Å². The van der Waals surface area contributed by atoms with Gasteiger partial charge in [-0.05, 0) is 230 Å². The van der Waals surface area contributed by atoms with E-state index in [2.05, 4.69) is 85.7 Å². The molecular formula is C107H99Cl4F7N20O12. The van der Waals surface area contributed by atoms with Crippen molar-refractivity contribution in [3.8, 4) is 104 Å². The summed E-state index contributed by atoms with van der Waals surface area (Å²) in [6.07, 6.45) is 16.6. The molecule has 0 saturated heterocycles. The second-order valence-corrected chi connectivity index (χ2v) is 38.6. The molecule has 0 saturated carbocycles. The fourth-order valence-electron chi connectivity index (χ4n) is 14.7. The molecule has 776 valence electrons. The molecule has 16 heterocycles. The number of halogens is 11. The number of aryl methyl sites for hydroxylation is 9. The number of terminal acetylenes is 1. The zero-order chi connectivity index (χ0) is 110. The maximum atomic E-state index is 14.2. The van der Waals surface area contributed by atoms with Crippen molar-refractivity contribution < 1.29 is 70.1 Å². The van der Waals surface area contributed by atoms with Gasteiger partial charge in [0, 0.05) is 115 Å². The van der Waals surface area contributed by atoms with Gasteiger partial charge in [-0.2, -0.15) is 13.2 Å². The highest BCUT2D eigenvalue weighted by Gasteiger charge is 2.37. The smallest absolute Gasteiger partial charge is 0.419 e. The van der Waals surface area contributed by atoms with Crippen LogP contribution in [-0.2, 0) is 55.0 Å². The largest absolute Gasteiger partial charge is 0.485 e. The summed E-state index contributed by atoms with van der Waals surface area (Å²) in [5.74, 6) is 1.78. The number of pyridine rings is 12. The number of alkyl halides is 3. The van der Waals surface area contributed by atoms with Crippen LogP contribution in [-0.4, -0.2) is 118 Å². The molecule has 0 atom stereocenters. The maximum Gasteiger partial charge on any atom is 0.419 e. The lowest BCUT2D eigenvalue weighted by atomic mass is 10.0. The van der Waals surface area contributed by atoms with Gasteiger partial charge in [0.05, 0.1) is 73.7 Å². The molecule has 0 aliphatic rings. The van der Waals surface area contributed by atoms with Crippen molar-refractivity contribution in [1.82, 2.24) is 98.0 Å². The molecule has 4 N–H and O–H groups in total. The van der Waals surface area contributed by atoms with Crippen molar-refractivity contribution in [2.24, 2.45) is 0 Å². The third kappa shape index (κ3) is 26.1. The number of nitrogens with zero attached hydrogens (tertiary/aromatic N) is 20. The molecule has 16 aromatic rings. The molecule has 43 heteroatoms. The molecule has 150 heavy (non-hydrogen) atoms. The van der Waals surface area contributed by atoms with Crippen molar-refractivity contribution in [1.29, 1.82) is 0 Å². The Kier molecular flexibility index (Phi) is 34.1. The minimum absolute atomic E-state index is 0.00503. The Hall–Kier alpha value is -15.4. The number of hydrogen-bond donors (Lipinski definition) is 4. The van der Waals surface area contributed by atoms with Crippen LogP contribution in [0.2, 0.25) is 20.1 Å². The van der Waals surface area contributed by atoms with Crippen LogP contribution < -0.4 is 41.2 Å². The van der Waals surface area contributed by atoms with Gasteiger partial charge in [-0.15, -0.1) is 6.42 Å². The first-order valence-corrected chi connectivity index (χ1v) is 47.4. The van der Waals surface area contributed by atoms with Crippen molar-refractivity contribution in [2.45, 2.75) is 192 Å². The minimum Gasteiger partial charge on any atom is -0.485 e. The van der Waals surface area contributed by atoms with Crippen LogP contribution in [0.1, 0.15) is 189 Å². The zero-order valence-corrected chi connectivity index (χ0v) is 87.3. The summed E-state index contributed by atoms with van der Waals surface area (Å²) in [5, 5.41) is 40.1. The van der Waals surface area contributed by atoms with Crippen molar-refractivity contribution in [3.05, 3.63) is 369 Å². The lowest BCUT2D eigenvalue weighted by molar-refractivity contribution is -0.137. The molecule has 16 rings (SSSR count). The Morgan fingerprint density at radius 2 is 0.627 bits per heavy atom. The average Bonchev–Trinajstić information content (AvgIpc) is 0.753. The van der Waals surface area contributed by atoms with Gasteiger partial charge in [0.15, 0.2) is 23.3 Å². The van der Waals surface area contributed by atoms with Gasteiger partial charge >= 0.3 is 6.18 Å². The predicted molar refractivity (Wildman–Crippen MR) is 548 cm³/mol. The number of hydrogen-bond acceptors (Lipinski definition) is 28. The normalized spacial score (nSPS) is 11.7. The third-order valence-corrected chi connectivity index (χ3v) is 23.9. The number of aromatic nitrogens is 20. The first-order chi connectivity index (χ1) is 70.5. The first-order valence-electron chi connectivity index (χ1n) is 45.9. The first kappa shape index (κ1) is 112. The van der Waals surface area contributed by atoms with Crippen LogP contribution >= 0.6 is 46.4 Å². The van der Waals surface area contributed by atoms with E-state index in [0.717, 1.165) is 21.8 Å². The summed E-state index contributed by atoms with van der Waals surface area (Å²) < 4.78 is 126. The van der Waals surface area contributed by atoms with Crippen LogP contribution in [0.5, 0.6) is 23.0 Å². The highest BCUT2D eigenvalue weighted by Crippen LogP contribution is 2.40. The van der Waals surface area contributed by atoms with Crippen LogP contribution in [0.4, 0.5) is 30.7 Å². The second-order valence-electron chi connectivity index (χ2n) is 37.1. The molecule has 0 aromatic carbocycles. The van der Waals surface area contributed by atoms with E-state index in [0.29, 0.717) is 102 Å². The van der Waals surface area contributed by atoms with Gasteiger partial charge in [-0.25, -0.2) is 62.4 Å². The fourth-order valence-corrected chi connectivity index (χ4v) is 15.5. The molecule has 0 bridgehead atoms. The molecule has 0 spiro atoms. The molecule has 0 fully saturated rings. The summed E-state index contributed by atoms with van der Waals surface area (Å²) >= 11 is 25.5. The Morgan fingerprint density at radius 1 is 0.347 bits per heavy atom. The van der Waals surface area contributed by atoms with E-state index in [-0.39, 0.29) is 134 Å². The Balaban J connectivity index is 0.000000167. The number of ether oxygens (including phenoxy) is 4. The van der Waals surface area contributed by atoms with E-state index in [1.807, 2.05) is 26.8 Å². The SMILES string of the molecule is C#Cc1cnc(-c2ccnc(C(C)(C)O)n2)cc1-n1c(C)cc(OCc2ncc(C)cc2F)c(Cl)c1=O.Cc1cnc(COc2cc(C)n(-c3cc(-c4ccnc(C(C)(C)O)n4)ncc3C(C)C)c(=O)c2Cl)c(F)c1.Cc1cnc(COc2cc(C)n(-c3cc(-c4ccnc(C(C)(C)O)n4)ncc3C(F)(F)F)c(=O)c2Cl)c(F)c1.Cc1cnc(COc2cc(C)n(-c3nc(-c4ccnc(C(C)(C)O)n4)ccc3C)c(=O)c2Cl)c(F)c1. The fraction of sp³-hybridized carbons (Fsp3) is 0.271. The van der Waals surface area contributed by atoms with Crippen LogP contribution in [0.3, 0.4) is 0 Å². The predicted octanol–water partition coefficient (Wildman–Crippen LogP) is 19.6. The Morgan fingerprint density at radius 3 is 0.940 bits per heavy atom. The van der Waals surface area contributed by atoms with Gasteiger partial charge in [-0.1, -0.05) is 72.2 Å². The van der Waals surface area contributed by atoms with Crippen molar-refractivity contribution in [3.63, 3.8) is 0 Å². The van der Waals surface area contributed by atoms with Gasteiger partial charge in [-0.3, -0.25) is 72.3 Å². The third-order valence-electron chi connectivity index (χ3n) is 22.5. The Bertz CT molecular complexity index is 8190. The number of aliphatic hydroxyl groups is 4. The summed E-state index contributed by atoms with van der Waals surface area (Å²) in [6, 6.07) is 25.8. The summed E-state index contributed by atoms with van der Waals surface area (Å²) in [6.45, 7) is 30.8. The minimum atomic E-state index is -4.87. The summed E-state index contributed by atoms with van der Waals surface area (Å²) in [4.78, 5) is 121. The topological polar surface area (TPSA) is 412 Å². The van der Waals surface area contributed by atoms with Crippen LogP contribution in [0.15, 0.2) is 190 Å². The number of rotatable bonds is 25. The molecule has 16 aromatic heterocycles. The van der Waals surface area contributed by atoms with E-state index in [1.165, 1.54) is 108 Å². The summed E-state index contributed by atoms with van der Waals surface area (Å²) in [5.41, 5.74) is 0.888. The standard InChI is InChI=1S/C28H29ClFN5O3.C27H23ClFN5O3.C26H22ClF4N5O3.C26H25ClFN5O3/c1-15(2)18-13-33-21(20-7-8-31-27(34-20)28(5,6)37)11-23(18)35-17(4)10-24(25(29)26(35)36)38-14-22-19(30)9-16(3)12-32-22;1-6-17-13-32-20(19-7-8-30-26(33-19)27(4,5)36)11-22(17)34-16(3)10-23(24(28)25(34)35)37-14-21-18(29)9-15(2)12-31-21;1-13-7-16(28)19(33-10-13)12-39-21-8-14(2)36(23(37)22(21)27)20-9-18(34-11-15(20)26(29,30)31)17-5-6-32-24(35-17)25(3,4)38;1-14-10-17(28)20(30-12-14)13-36-21-11-16(3)33(24(34)22(21)27)23-15(2)6-7-18(31-23)19-8-9-29-25(32-19)26(4,5)35/h7-13,15,37H,14H2,1-6H3;1,7-13,36H,14H2,2-5H3;5-11,38H,12H2,1-4H3;6-12,35H,13H2,1-5H3. The monoisotopic (exact) mass is 2130 g/mol. The zero-order valence-electron chi connectivity index (χ0n) is 84.3. The summed E-state index contributed by atoms with van der Waals surface area (Å²) in [7, 11) is 0. The Labute approximate surface area is 874 Å². The average molecular weight is 2130 g/mol. The van der Waals surface area contributed by atoms with Crippen molar-refractivity contribution in [2.75, 3.05) is 0 Å². The van der Waals surface area contributed by atoms with Gasteiger partial charge in [0.1, 0.15) is 144 Å². The quantitative estimate of drug-likeness (QED) is 0.0305. The van der Waals surface area contributed by atoms with Crippen LogP contribution in [0.25, 0.3) is 68.4 Å². The molecule has 0 aliphatic heterocycles. The molecule has 0 radical (unpaired) electrons. The molecular weight excluding hydrogens is 2030 g/mol.